The average Bonchev–Trinajstić information content (AvgIpc) is 3.38. The van der Waals surface area contributed by atoms with E-state index in [2.05, 4.69) is 33.5 Å². The molecule has 0 unspecified atom stereocenters. The van der Waals surface area contributed by atoms with Crippen LogP contribution in [0, 0.1) is 11.3 Å². The molecule has 5 nitrogen and oxygen atoms in total. The molecule has 2 heterocycles. The molecule has 4 rings (SSSR count). The molecule has 0 aliphatic carbocycles. The standard InChI is InChI=1S/C23H18N4OS2/c24-13-18-8-6-17(7-9-18)10-20-14-25-23(30-20)27-21(28)12-19-15-29-22(26-19)11-16-4-2-1-3-5-16/h1-9,14-15H,10-12H2,(H,25,27,28). The predicted molar refractivity (Wildman–Crippen MR) is 120 cm³/mol. The number of carbonyl (C=O) groups is 1. The van der Waals surface area contributed by atoms with Gasteiger partial charge >= 0.3 is 0 Å². The van der Waals surface area contributed by atoms with Crippen LogP contribution in [-0.4, -0.2) is 15.9 Å². The van der Waals surface area contributed by atoms with Crippen molar-refractivity contribution in [1.29, 1.82) is 5.26 Å². The molecule has 148 valence electrons. The molecule has 0 saturated heterocycles. The highest BCUT2D eigenvalue weighted by molar-refractivity contribution is 7.15. The van der Waals surface area contributed by atoms with Gasteiger partial charge in [0.05, 0.1) is 28.8 Å². The zero-order chi connectivity index (χ0) is 20.8. The molecular weight excluding hydrogens is 412 g/mol. The summed E-state index contributed by atoms with van der Waals surface area (Å²) in [6.45, 7) is 0. The topological polar surface area (TPSA) is 78.7 Å². The lowest BCUT2D eigenvalue weighted by Gasteiger charge is -2.00. The Hall–Kier alpha value is -3.34. The van der Waals surface area contributed by atoms with Crippen molar-refractivity contribution in [1.82, 2.24) is 9.97 Å². The molecule has 1 amide bonds. The van der Waals surface area contributed by atoms with Gasteiger partial charge in [0, 0.05) is 29.3 Å². The fourth-order valence-electron chi connectivity index (χ4n) is 2.96. The summed E-state index contributed by atoms with van der Waals surface area (Å²) in [5, 5.41) is 15.3. The van der Waals surface area contributed by atoms with Gasteiger partial charge in [-0.25, -0.2) is 9.97 Å². The van der Waals surface area contributed by atoms with E-state index < -0.39 is 0 Å². The third-order valence-electron chi connectivity index (χ3n) is 4.40. The molecule has 0 saturated carbocycles. The zero-order valence-electron chi connectivity index (χ0n) is 16.0. The lowest BCUT2D eigenvalue weighted by Crippen LogP contribution is -2.14. The molecule has 0 aliphatic heterocycles. The molecule has 0 radical (unpaired) electrons. The predicted octanol–water partition coefficient (Wildman–Crippen LogP) is 4.83. The third kappa shape index (κ3) is 5.38. The summed E-state index contributed by atoms with van der Waals surface area (Å²) >= 11 is 3.03. The van der Waals surface area contributed by atoms with Crippen LogP contribution >= 0.6 is 22.7 Å². The van der Waals surface area contributed by atoms with E-state index in [0.29, 0.717) is 17.1 Å². The first-order valence-electron chi connectivity index (χ1n) is 9.39. The van der Waals surface area contributed by atoms with Crippen LogP contribution < -0.4 is 5.32 Å². The summed E-state index contributed by atoms with van der Waals surface area (Å²) in [6.07, 6.45) is 3.50. The SMILES string of the molecule is N#Cc1ccc(Cc2cnc(NC(=O)Cc3csc(Cc4ccccc4)n3)s2)cc1. The Morgan fingerprint density at radius 1 is 1.03 bits per heavy atom. The van der Waals surface area contributed by atoms with Gasteiger partial charge in [-0.2, -0.15) is 5.26 Å². The molecule has 1 N–H and O–H groups in total. The van der Waals surface area contributed by atoms with Gasteiger partial charge in [0.2, 0.25) is 5.91 Å². The number of aromatic nitrogens is 2. The normalized spacial score (nSPS) is 10.5. The Morgan fingerprint density at radius 2 is 1.80 bits per heavy atom. The number of anilines is 1. The number of nitriles is 1. The fourth-order valence-corrected chi connectivity index (χ4v) is 4.65. The van der Waals surface area contributed by atoms with E-state index in [0.717, 1.165) is 27.6 Å². The van der Waals surface area contributed by atoms with Crippen LogP contribution in [0.25, 0.3) is 0 Å². The first-order chi connectivity index (χ1) is 14.7. The van der Waals surface area contributed by atoms with E-state index in [1.54, 1.807) is 29.7 Å². The molecule has 0 aliphatic rings. The van der Waals surface area contributed by atoms with Crippen LogP contribution in [0.2, 0.25) is 0 Å². The molecule has 0 atom stereocenters. The summed E-state index contributed by atoms with van der Waals surface area (Å²) in [5.74, 6) is -0.120. The van der Waals surface area contributed by atoms with Gasteiger partial charge in [-0.3, -0.25) is 4.79 Å². The maximum absolute atomic E-state index is 12.4. The van der Waals surface area contributed by atoms with Crippen molar-refractivity contribution in [2.75, 3.05) is 5.32 Å². The number of thiazole rings is 2. The molecule has 4 aromatic rings. The molecule has 0 spiro atoms. The van der Waals surface area contributed by atoms with Gasteiger partial charge in [0.15, 0.2) is 5.13 Å². The van der Waals surface area contributed by atoms with Crippen molar-refractivity contribution in [3.63, 3.8) is 0 Å². The van der Waals surface area contributed by atoms with Gasteiger partial charge in [0.1, 0.15) is 0 Å². The first kappa shape index (κ1) is 20.0. The number of hydrogen-bond donors (Lipinski definition) is 1. The van der Waals surface area contributed by atoms with Crippen molar-refractivity contribution in [3.05, 3.63) is 98.4 Å². The Bertz CT molecular complexity index is 1170. The first-order valence-corrected chi connectivity index (χ1v) is 11.1. The van der Waals surface area contributed by atoms with Crippen LogP contribution in [0.5, 0.6) is 0 Å². The van der Waals surface area contributed by atoms with Gasteiger partial charge in [-0.15, -0.1) is 22.7 Å². The minimum absolute atomic E-state index is 0.120. The smallest absolute Gasteiger partial charge is 0.232 e. The number of benzene rings is 2. The molecule has 7 heteroatoms. The monoisotopic (exact) mass is 430 g/mol. The summed E-state index contributed by atoms with van der Waals surface area (Å²) in [5.41, 5.74) is 3.73. The van der Waals surface area contributed by atoms with E-state index in [4.69, 9.17) is 5.26 Å². The zero-order valence-corrected chi connectivity index (χ0v) is 17.7. The Labute approximate surface area is 182 Å². The summed E-state index contributed by atoms with van der Waals surface area (Å²) < 4.78 is 0. The molecule has 30 heavy (non-hydrogen) atoms. The maximum Gasteiger partial charge on any atom is 0.232 e. The Morgan fingerprint density at radius 3 is 2.57 bits per heavy atom. The minimum Gasteiger partial charge on any atom is -0.302 e. The number of hydrogen-bond acceptors (Lipinski definition) is 6. The molecule has 2 aromatic carbocycles. The van der Waals surface area contributed by atoms with Gasteiger partial charge < -0.3 is 5.32 Å². The number of nitrogens with zero attached hydrogens (tertiary/aromatic N) is 3. The minimum atomic E-state index is -0.120. The highest BCUT2D eigenvalue weighted by Crippen LogP contribution is 2.22. The van der Waals surface area contributed by atoms with E-state index >= 15 is 0 Å². The van der Waals surface area contributed by atoms with Gasteiger partial charge in [0.25, 0.3) is 0 Å². The van der Waals surface area contributed by atoms with Crippen LogP contribution in [0.3, 0.4) is 0 Å². The summed E-state index contributed by atoms with van der Waals surface area (Å²) in [7, 11) is 0. The van der Waals surface area contributed by atoms with Crippen LogP contribution in [0.15, 0.2) is 66.2 Å². The highest BCUT2D eigenvalue weighted by atomic mass is 32.1. The van der Waals surface area contributed by atoms with Crippen molar-refractivity contribution in [3.8, 4) is 6.07 Å². The van der Waals surface area contributed by atoms with Crippen LogP contribution in [0.1, 0.15) is 32.3 Å². The highest BCUT2D eigenvalue weighted by Gasteiger charge is 2.11. The van der Waals surface area contributed by atoms with Crippen LogP contribution in [0.4, 0.5) is 5.13 Å². The second kappa shape index (κ2) is 9.44. The molecule has 2 aromatic heterocycles. The molecule has 0 bridgehead atoms. The van der Waals surface area contributed by atoms with E-state index in [9.17, 15) is 4.79 Å². The quantitative estimate of drug-likeness (QED) is 0.455. The van der Waals surface area contributed by atoms with Crippen molar-refractivity contribution >= 4 is 33.7 Å². The molecular formula is C23H18N4OS2. The molecule has 0 fully saturated rings. The second-order valence-electron chi connectivity index (χ2n) is 6.74. The summed E-state index contributed by atoms with van der Waals surface area (Å²) in [4.78, 5) is 22.3. The largest absolute Gasteiger partial charge is 0.302 e. The third-order valence-corrected chi connectivity index (χ3v) is 6.21. The number of amides is 1. The number of rotatable bonds is 7. The van der Waals surface area contributed by atoms with E-state index in [-0.39, 0.29) is 12.3 Å². The number of carbonyl (C=O) groups excluding carboxylic acids is 1. The maximum atomic E-state index is 12.4. The van der Waals surface area contributed by atoms with Gasteiger partial charge in [-0.05, 0) is 23.3 Å². The Kier molecular flexibility index (Phi) is 6.28. The lowest BCUT2D eigenvalue weighted by molar-refractivity contribution is -0.115. The van der Waals surface area contributed by atoms with Crippen LogP contribution in [-0.2, 0) is 24.1 Å². The van der Waals surface area contributed by atoms with Crippen molar-refractivity contribution < 1.29 is 4.79 Å². The number of nitrogens with one attached hydrogen (secondary N) is 1. The lowest BCUT2D eigenvalue weighted by atomic mass is 10.1. The Balaban J connectivity index is 1.31. The average molecular weight is 431 g/mol. The van der Waals surface area contributed by atoms with E-state index in [1.807, 2.05) is 35.7 Å². The van der Waals surface area contributed by atoms with Crippen molar-refractivity contribution in [2.45, 2.75) is 19.3 Å². The van der Waals surface area contributed by atoms with Crippen molar-refractivity contribution in [2.24, 2.45) is 0 Å². The van der Waals surface area contributed by atoms with Gasteiger partial charge in [-0.1, -0.05) is 42.5 Å². The summed E-state index contributed by atoms with van der Waals surface area (Å²) in [6, 6.07) is 19.8. The second-order valence-corrected chi connectivity index (χ2v) is 8.79. The van der Waals surface area contributed by atoms with E-state index in [1.165, 1.54) is 16.9 Å². The fraction of sp³-hybridized carbons (Fsp3) is 0.130.